The zero-order valence-corrected chi connectivity index (χ0v) is 5.86. The molecule has 0 spiro atoms. The van der Waals surface area contributed by atoms with Crippen LogP contribution in [0, 0.1) is 0 Å². The van der Waals surface area contributed by atoms with Gasteiger partial charge in [0, 0.05) is 6.61 Å². The number of aliphatic hydroxyl groups excluding tert-OH is 3. The number of aliphatic hydroxyl groups is 3. The Morgan fingerprint density at radius 1 is 1.10 bits per heavy atom. The molecular weight excluding hydrogens is 136 g/mol. The van der Waals surface area contributed by atoms with Crippen molar-refractivity contribution in [1.82, 2.24) is 0 Å². The molecule has 0 amide bonds. The van der Waals surface area contributed by atoms with Crippen molar-refractivity contribution in [1.29, 1.82) is 0 Å². The number of hydrogen-bond donors (Lipinski definition) is 3. The van der Waals surface area contributed by atoms with Crippen LogP contribution in [0.15, 0.2) is 0 Å². The van der Waals surface area contributed by atoms with Crippen molar-refractivity contribution in [3.05, 3.63) is 0 Å². The Balaban J connectivity index is 3.21. The van der Waals surface area contributed by atoms with E-state index in [-0.39, 0.29) is 32.5 Å². The van der Waals surface area contributed by atoms with Gasteiger partial charge in [-0.15, -0.1) is 0 Å². The van der Waals surface area contributed by atoms with Crippen molar-refractivity contribution in [3.8, 4) is 0 Å². The monoisotopic (exact) mass is 150 g/mol. The van der Waals surface area contributed by atoms with Crippen molar-refractivity contribution >= 4 is 0 Å². The van der Waals surface area contributed by atoms with Crippen molar-refractivity contribution in [2.24, 2.45) is 0 Å². The zero-order valence-electron chi connectivity index (χ0n) is 5.86. The lowest BCUT2D eigenvalue weighted by molar-refractivity contribution is -0.0148. The van der Waals surface area contributed by atoms with Crippen molar-refractivity contribution in [3.63, 3.8) is 0 Å². The van der Waals surface area contributed by atoms with Crippen LogP contribution in [-0.2, 0) is 4.74 Å². The van der Waals surface area contributed by atoms with Gasteiger partial charge in [-0.3, -0.25) is 0 Å². The Kier molecular flexibility index (Phi) is 6.84. The van der Waals surface area contributed by atoms with Gasteiger partial charge < -0.3 is 20.1 Å². The standard InChI is InChI=1S/C6H14O4/c7-2-1-6(5-9)10-4-3-8/h6-9H,1-5H2. The fraction of sp³-hybridized carbons (Fsp3) is 1.00. The van der Waals surface area contributed by atoms with E-state index in [2.05, 4.69) is 0 Å². The van der Waals surface area contributed by atoms with Gasteiger partial charge in [0.1, 0.15) is 0 Å². The minimum absolute atomic E-state index is 0.00332. The summed E-state index contributed by atoms with van der Waals surface area (Å²) in [5.41, 5.74) is 0. The molecule has 0 saturated carbocycles. The molecule has 1 unspecified atom stereocenters. The van der Waals surface area contributed by atoms with E-state index < -0.39 is 0 Å². The lowest BCUT2D eigenvalue weighted by Gasteiger charge is -2.12. The van der Waals surface area contributed by atoms with Crippen LogP contribution in [-0.4, -0.2) is 47.9 Å². The molecule has 0 aromatic heterocycles. The number of ether oxygens (including phenoxy) is 1. The predicted molar refractivity (Wildman–Crippen MR) is 35.6 cm³/mol. The molecule has 0 rings (SSSR count). The van der Waals surface area contributed by atoms with Crippen LogP contribution >= 0.6 is 0 Å². The van der Waals surface area contributed by atoms with E-state index in [1.165, 1.54) is 0 Å². The van der Waals surface area contributed by atoms with Crippen molar-refractivity contribution in [2.45, 2.75) is 12.5 Å². The maximum absolute atomic E-state index is 8.57. The van der Waals surface area contributed by atoms with Gasteiger partial charge in [-0.1, -0.05) is 0 Å². The zero-order chi connectivity index (χ0) is 7.82. The first-order valence-electron chi connectivity index (χ1n) is 3.29. The van der Waals surface area contributed by atoms with Gasteiger partial charge >= 0.3 is 0 Å². The highest BCUT2D eigenvalue weighted by molar-refractivity contribution is 4.53. The van der Waals surface area contributed by atoms with E-state index in [0.717, 1.165) is 0 Å². The summed E-state index contributed by atoms with van der Waals surface area (Å²) in [5.74, 6) is 0. The molecule has 10 heavy (non-hydrogen) atoms. The molecule has 62 valence electrons. The molecular formula is C6H14O4. The maximum atomic E-state index is 8.57. The number of hydrogen-bond acceptors (Lipinski definition) is 4. The maximum Gasteiger partial charge on any atom is 0.0828 e. The normalized spacial score (nSPS) is 13.5. The van der Waals surface area contributed by atoms with Crippen LogP contribution in [0.4, 0.5) is 0 Å². The average Bonchev–Trinajstić information content (AvgIpc) is 1.98. The lowest BCUT2D eigenvalue weighted by Crippen LogP contribution is -2.20. The third kappa shape index (κ3) is 4.69. The smallest absolute Gasteiger partial charge is 0.0828 e. The highest BCUT2D eigenvalue weighted by Crippen LogP contribution is 1.95. The summed E-state index contributed by atoms with van der Waals surface area (Å²) < 4.78 is 4.92. The van der Waals surface area contributed by atoms with Gasteiger partial charge in [0.2, 0.25) is 0 Å². The second-order valence-electron chi connectivity index (χ2n) is 1.91. The summed E-state index contributed by atoms with van der Waals surface area (Å²) >= 11 is 0. The molecule has 0 aromatic rings. The predicted octanol–water partition coefficient (Wildman–Crippen LogP) is -1.26. The largest absolute Gasteiger partial charge is 0.396 e. The Morgan fingerprint density at radius 3 is 2.20 bits per heavy atom. The van der Waals surface area contributed by atoms with Gasteiger partial charge in [-0.05, 0) is 6.42 Å². The van der Waals surface area contributed by atoms with Gasteiger partial charge in [-0.25, -0.2) is 0 Å². The quantitative estimate of drug-likeness (QED) is 0.442. The van der Waals surface area contributed by atoms with E-state index in [0.29, 0.717) is 6.42 Å². The lowest BCUT2D eigenvalue weighted by atomic mass is 10.3. The highest BCUT2D eigenvalue weighted by atomic mass is 16.5. The van der Waals surface area contributed by atoms with Crippen LogP contribution in [0.1, 0.15) is 6.42 Å². The molecule has 4 nitrogen and oxygen atoms in total. The van der Waals surface area contributed by atoms with Crippen LogP contribution in [0.3, 0.4) is 0 Å². The molecule has 0 radical (unpaired) electrons. The fourth-order valence-corrected chi connectivity index (χ4v) is 0.591. The minimum Gasteiger partial charge on any atom is -0.396 e. The van der Waals surface area contributed by atoms with E-state index in [1.807, 2.05) is 0 Å². The molecule has 0 saturated heterocycles. The van der Waals surface area contributed by atoms with E-state index in [9.17, 15) is 0 Å². The van der Waals surface area contributed by atoms with Gasteiger partial charge in [0.05, 0.1) is 25.9 Å². The average molecular weight is 150 g/mol. The molecule has 0 aliphatic carbocycles. The van der Waals surface area contributed by atoms with E-state index in [1.54, 1.807) is 0 Å². The first kappa shape index (κ1) is 9.84. The second-order valence-corrected chi connectivity index (χ2v) is 1.91. The summed E-state index contributed by atoms with van der Waals surface area (Å²) in [6, 6.07) is 0. The van der Waals surface area contributed by atoms with Crippen molar-refractivity contribution < 1.29 is 20.1 Å². The fourth-order valence-electron chi connectivity index (χ4n) is 0.591. The summed E-state index contributed by atoms with van der Waals surface area (Å²) in [6.07, 6.45) is 0.0772. The van der Waals surface area contributed by atoms with Crippen LogP contribution in [0.2, 0.25) is 0 Å². The van der Waals surface area contributed by atoms with Crippen molar-refractivity contribution in [2.75, 3.05) is 26.4 Å². The van der Waals surface area contributed by atoms with E-state index >= 15 is 0 Å². The summed E-state index contributed by atoms with van der Waals surface area (Å²) in [5, 5.41) is 25.3. The molecule has 3 N–H and O–H groups in total. The summed E-state index contributed by atoms with van der Waals surface area (Å²) in [4.78, 5) is 0. The van der Waals surface area contributed by atoms with E-state index in [4.69, 9.17) is 20.1 Å². The summed E-state index contributed by atoms with van der Waals surface area (Å²) in [6.45, 7) is 0.0460. The van der Waals surface area contributed by atoms with Crippen LogP contribution in [0.25, 0.3) is 0 Å². The third-order valence-electron chi connectivity index (χ3n) is 1.10. The molecule has 0 aromatic carbocycles. The first-order chi connectivity index (χ1) is 4.85. The molecule has 0 aliphatic rings. The Labute approximate surface area is 60.1 Å². The molecule has 0 bridgehead atoms. The molecule has 0 heterocycles. The van der Waals surface area contributed by atoms with Crippen LogP contribution < -0.4 is 0 Å². The van der Waals surface area contributed by atoms with Gasteiger partial charge in [-0.2, -0.15) is 0 Å². The SMILES string of the molecule is OCCOC(CO)CCO. The Morgan fingerprint density at radius 2 is 1.80 bits per heavy atom. The molecule has 0 fully saturated rings. The minimum atomic E-state index is -0.336. The van der Waals surface area contributed by atoms with Gasteiger partial charge in [0.25, 0.3) is 0 Å². The Bertz CT molecular complexity index is 66.8. The summed E-state index contributed by atoms with van der Waals surface area (Å²) in [7, 11) is 0. The highest BCUT2D eigenvalue weighted by Gasteiger charge is 2.04. The Hall–Kier alpha value is -0.160. The second kappa shape index (κ2) is 6.95. The molecule has 4 heteroatoms. The molecule has 1 atom stereocenters. The number of rotatable bonds is 6. The molecule has 0 aliphatic heterocycles. The first-order valence-corrected chi connectivity index (χ1v) is 3.29. The third-order valence-corrected chi connectivity index (χ3v) is 1.10. The van der Waals surface area contributed by atoms with Crippen LogP contribution in [0.5, 0.6) is 0 Å². The van der Waals surface area contributed by atoms with Gasteiger partial charge in [0.15, 0.2) is 0 Å². The topological polar surface area (TPSA) is 69.9 Å².